The second kappa shape index (κ2) is 11.7. The Labute approximate surface area is 216 Å². The van der Waals surface area contributed by atoms with E-state index in [1.165, 1.54) is 32.4 Å². The molecule has 0 fully saturated rings. The Morgan fingerprint density at radius 3 is 2.20 bits per heavy atom. The summed E-state index contributed by atoms with van der Waals surface area (Å²) in [6.45, 7) is 0. The third kappa shape index (κ3) is 6.72. The minimum absolute atomic E-state index is 0.258. The fraction of sp³-hybridized carbons (Fsp3) is 0.0870. The van der Waals surface area contributed by atoms with E-state index in [-0.39, 0.29) is 11.3 Å². The second-order valence-corrected chi connectivity index (χ2v) is 8.12. The minimum atomic E-state index is -0.633. The first-order valence-electron chi connectivity index (χ1n) is 9.91. The SMILES string of the molecule is COC(=O)c1cccc(N(S)C(=O)Nc2cc(NC(=O)Nc3ccc(Cl)c(Cl)c3)ccc2OC)c1. The van der Waals surface area contributed by atoms with Crippen molar-refractivity contribution in [2.24, 2.45) is 0 Å². The number of carbonyl (C=O) groups is 3. The number of rotatable bonds is 6. The molecule has 12 heteroatoms. The summed E-state index contributed by atoms with van der Waals surface area (Å²) >= 11 is 16.1. The average Bonchev–Trinajstić information content (AvgIpc) is 2.85. The molecule has 3 aromatic rings. The Morgan fingerprint density at radius 1 is 0.857 bits per heavy atom. The van der Waals surface area contributed by atoms with E-state index in [0.29, 0.717) is 32.9 Å². The first-order chi connectivity index (χ1) is 16.7. The van der Waals surface area contributed by atoms with Crippen LogP contribution in [-0.2, 0) is 4.74 Å². The lowest BCUT2D eigenvalue weighted by Gasteiger charge is -2.19. The lowest BCUT2D eigenvalue weighted by atomic mass is 10.2. The molecule has 0 saturated carbocycles. The van der Waals surface area contributed by atoms with Crippen molar-refractivity contribution in [2.45, 2.75) is 0 Å². The molecule has 0 bridgehead atoms. The molecule has 0 aliphatic rings. The van der Waals surface area contributed by atoms with Crippen molar-refractivity contribution < 1.29 is 23.9 Å². The summed E-state index contributed by atoms with van der Waals surface area (Å²) in [6, 6.07) is 14.4. The Bertz CT molecular complexity index is 1270. The molecule has 0 unspecified atom stereocenters. The number of hydrogen-bond acceptors (Lipinski definition) is 6. The van der Waals surface area contributed by atoms with Gasteiger partial charge in [-0.1, -0.05) is 42.1 Å². The molecule has 4 amide bonds. The molecule has 9 nitrogen and oxygen atoms in total. The zero-order valence-electron chi connectivity index (χ0n) is 18.5. The molecule has 0 aliphatic carbocycles. The normalized spacial score (nSPS) is 10.2. The van der Waals surface area contributed by atoms with E-state index in [1.54, 1.807) is 42.5 Å². The van der Waals surface area contributed by atoms with Gasteiger partial charge in [-0.25, -0.2) is 18.7 Å². The molecular formula is C23H20Cl2N4O5S. The fourth-order valence-electron chi connectivity index (χ4n) is 2.92. The predicted octanol–water partition coefficient (Wildman–Crippen LogP) is 6.32. The monoisotopic (exact) mass is 534 g/mol. The highest BCUT2D eigenvalue weighted by atomic mass is 35.5. The Morgan fingerprint density at radius 2 is 1.54 bits per heavy atom. The number of thiol groups is 1. The summed E-state index contributed by atoms with van der Waals surface area (Å²) in [5.41, 5.74) is 1.68. The number of anilines is 4. The van der Waals surface area contributed by atoms with Crippen LogP contribution in [-0.4, -0.2) is 32.3 Å². The lowest BCUT2D eigenvalue weighted by Crippen LogP contribution is -2.27. The van der Waals surface area contributed by atoms with Crippen LogP contribution in [0.2, 0.25) is 10.0 Å². The third-order valence-electron chi connectivity index (χ3n) is 4.58. The van der Waals surface area contributed by atoms with E-state index >= 15 is 0 Å². The largest absolute Gasteiger partial charge is 0.495 e. The van der Waals surface area contributed by atoms with Gasteiger partial charge in [0.2, 0.25) is 0 Å². The fourth-order valence-corrected chi connectivity index (χ4v) is 3.39. The zero-order chi connectivity index (χ0) is 25.5. The van der Waals surface area contributed by atoms with Crippen molar-refractivity contribution in [1.82, 2.24) is 0 Å². The van der Waals surface area contributed by atoms with Gasteiger partial charge in [0.1, 0.15) is 5.75 Å². The number of methoxy groups -OCH3 is 2. The molecular weight excluding hydrogens is 515 g/mol. The summed E-state index contributed by atoms with van der Waals surface area (Å²) in [7, 11) is 2.70. The standard InChI is InChI=1S/C23H20Cl2N4O5S/c1-33-20-9-7-15(27-22(31)26-14-6-8-17(24)18(25)11-14)12-19(20)28-23(32)29(35)16-5-3-4-13(10-16)21(30)34-2/h3-12,35H,1-2H3,(H,28,32)(H2,26,27,31). The van der Waals surface area contributed by atoms with E-state index in [2.05, 4.69) is 28.8 Å². The van der Waals surface area contributed by atoms with Gasteiger partial charge in [-0.05, 0) is 54.6 Å². The van der Waals surface area contributed by atoms with Crippen molar-refractivity contribution in [3.05, 3.63) is 76.3 Å². The average molecular weight is 535 g/mol. The molecule has 0 radical (unpaired) electrons. The molecule has 0 heterocycles. The number of ether oxygens (including phenoxy) is 2. The van der Waals surface area contributed by atoms with Crippen LogP contribution in [0.4, 0.5) is 32.3 Å². The van der Waals surface area contributed by atoms with E-state index in [0.717, 1.165) is 4.31 Å². The molecule has 35 heavy (non-hydrogen) atoms. The van der Waals surface area contributed by atoms with E-state index in [4.69, 9.17) is 32.7 Å². The number of halogens is 2. The summed E-state index contributed by atoms with van der Waals surface area (Å²) < 4.78 is 11.0. The minimum Gasteiger partial charge on any atom is -0.495 e. The molecule has 0 aliphatic heterocycles. The predicted molar refractivity (Wildman–Crippen MR) is 140 cm³/mol. The number of amides is 4. The van der Waals surface area contributed by atoms with Crippen LogP contribution in [0, 0.1) is 0 Å². The lowest BCUT2D eigenvalue weighted by molar-refractivity contribution is 0.0600. The molecule has 0 saturated heterocycles. The number of nitrogens with zero attached hydrogens (tertiary/aromatic N) is 1. The third-order valence-corrected chi connectivity index (χ3v) is 5.73. The maximum atomic E-state index is 12.8. The highest BCUT2D eigenvalue weighted by molar-refractivity contribution is 7.82. The quantitative estimate of drug-likeness (QED) is 0.218. The summed E-state index contributed by atoms with van der Waals surface area (Å²) in [6.07, 6.45) is 0. The van der Waals surface area contributed by atoms with Gasteiger partial charge in [-0.3, -0.25) is 0 Å². The van der Waals surface area contributed by atoms with Crippen LogP contribution in [0.3, 0.4) is 0 Å². The molecule has 0 atom stereocenters. The second-order valence-electron chi connectivity index (χ2n) is 6.91. The van der Waals surface area contributed by atoms with Crippen LogP contribution in [0.1, 0.15) is 10.4 Å². The summed E-state index contributed by atoms with van der Waals surface area (Å²) in [5.74, 6) is -0.201. The Hall–Kier alpha value is -3.60. The first-order valence-corrected chi connectivity index (χ1v) is 11.1. The van der Waals surface area contributed by atoms with E-state index < -0.39 is 18.0 Å². The van der Waals surface area contributed by atoms with E-state index in [9.17, 15) is 14.4 Å². The van der Waals surface area contributed by atoms with Gasteiger partial charge in [0.15, 0.2) is 0 Å². The van der Waals surface area contributed by atoms with Crippen LogP contribution in [0.5, 0.6) is 5.75 Å². The molecule has 0 aromatic heterocycles. The van der Waals surface area contributed by atoms with Crippen LogP contribution >= 0.6 is 36.0 Å². The van der Waals surface area contributed by atoms with Crippen molar-refractivity contribution in [3.63, 3.8) is 0 Å². The van der Waals surface area contributed by atoms with Gasteiger partial charge < -0.3 is 25.4 Å². The van der Waals surface area contributed by atoms with Crippen molar-refractivity contribution in [2.75, 3.05) is 34.5 Å². The van der Waals surface area contributed by atoms with Gasteiger partial charge in [0.25, 0.3) is 0 Å². The molecule has 182 valence electrons. The number of benzene rings is 3. The number of urea groups is 2. The number of hydrogen-bond donors (Lipinski definition) is 4. The zero-order valence-corrected chi connectivity index (χ0v) is 20.9. The van der Waals surface area contributed by atoms with Gasteiger partial charge >= 0.3 is 18.0 Å². The maximum Gasteiger partial charge on any atom is 0.337 e. The summed E-state index contributed by atoms with van der Waals surface area (Å²) in [5, 5.41) is 8.62. The van der Waals surface area contributed by atoms with Gasteiger partial charge in [0.05, 0.1) is 41.2 Å². The van der Waals surface area contributed by atoms with Crippen LogP contribution in [0.15, 0.2) is 60.7 Å². The van der Waals surface area contributed by atoms with Crippen molar-refractivity contribution >= 4 is 76.8 Å². The highest BCUT2D eigenvalue weighted by Gasteiger charge is 2.17. The Balaban J connectivity index is 1.73. The maximum absolute atomic E-state index is 12.8. The van der Waals surface area contributed by atoms with Gasteiger partial charge in [0, 0.05) is 11.4 Å². The topological polar surface area (TPSA) is 109 Å². The van der Waals surface area contributed by atoms with Gasteiger partial charge in [-0.15, -0.1) is 0 Å². The first kappa shape index (κ1) is 26.0. The number of esters is 1. The number of nitrogens with one attached hydrogen (secondary N) is 3. The number of carbonyl (C=O) groups excluding carboxylic acids is 3. The van der Waals surface area contributed by atoms with Crippen LogP contribution < -0.4 is 25.0 Å². The van der Waals surface area contributed by atoms with Gasteiger partial charge in [-0.2, -0.15) is 0 Å². The van der Waals surface area contributed by atoms with Crippen molar-refractivity contribution in [3.8, 4) is 5.75 Å². The molecule has 3 aromatic carbocycles. The molecule has 3 N–H and O–H groups in total. The Kier molecular flexibility index (Phi) is 8.69. The van der Waals surface area contributed by atoms with E-state index in [1.807, 2.05) is 0 Å². The molecule has 3 rings (SSSR count). The van der Waals surface area contributed by atoms with Crippen LogP contribution in [0.25, 0.3) is 0 Å². The molecule has 0 spiro atoms. The highest BCUT2D eigenvalue weighted by Crippen LogP contribution is 2.30. The van der Waals surface area contributed by atoms with Crippen molar-refractivity contribution in [1.29, 1.82) is 0 Å². The summed E-state index contributed by atoms with van der Waals surface area (Å²) in [4.78, 5) is 37.0. The smallest absolute Gasteiger partial charge is 0.337 e.